The first kappa shape index (κ1) is 17.4. The Bertz CT molecular complexity index is 1090. The lowest BCUT2D eigenvalue weighted by Gasteiger charge is -2.04. The molecule has 0 saturated carbocycles. The fourth-order valence-corrected chi connectivity index (χ4v) is 3.35. The molecule has 134 valence electrons. The summed E-state index contributed by atoms with van der Waals surface area (Å²) < 4.78 is 1.93. The van der Waals surface area contributed by atoms with Crippen molar-refractivity contribution in [3.63, 3.8) is 0 Å². The molecule has 0 aliphatic rings. The number of nitrogens with one attached hydrogen (secondary N) is 1. The number of thiazole rings is 1. The zero-order valence-corrected chi connectivity index (χ0v) is 15.8. The second-order valence-corrected chi connectivity index (χ2v) is 6.99. The zero-order valence-electron chi connectivity index (χ0n) is 14.3. The Morgan fingerprint density at radius 2 is 2.07 bits per heavy atom. The smallest absolute Gasteiger partial charge is 0.276 e. The molecule has 1 aromatic carbocycles. The second-order valence-electron chi connectivity index (χ2n) is 5.83. The summed E-state index contributed by atoms with van der Waals surface area (Å²) in [7, 11) is 1.92. The lowest BCUT2D eigenvalue weighted by Crippen LogP contribution is -2.13. The topological polar surface area (TPSA) is 72.7 Å². The summed E-state index contributed by atoms with van der Waals surface area (Å²) in [5, 5.41) is 5.08. The first-order chi connectivity index (χ1) is 13.1. The Hall–Kier alpha value is -3.03. The fourth-order valence-electron chi connectivity index (χ4n) is 2.63. The Balaban J connectivity index is 1.56. The van der Waals surface area contributed by atoms with E-state index in [1.54, 1.807) is 23.2 Å². The van der Waals surface area contributed by atoms with E-state index >= 15 is 0 Å². The van der Waals surface area contributed by atoms with Crippen LogP contribution in [0.25, 0.3) is 22.6 Å². The quantitative estimate of drug-likeness (QED) is 0.551. The molecular formula is C19H14ClN5OS. The van der Waals surface area contributed by atoms with Crippen LogP contribution in [-0.2, 0) is 7.05 Å². The molecule has 0 radical (unpaired) electrons. The maximum Gasteiger partial charge on any atom is 0.276 e. The Morgan fingerprint density at radius 1 is 1.19 bits per heavy atom. The van der Waals surface area contributed by atoms with Gasteiger partial charge in [0.25, 0.3) is 5.91 Å². The van der Waals surface area contributed by atoms with Crippen molar-refractivity contribution in [3.8, 4) is 22.6 Å². The predicted octanol–water partition coefficient (Wildman–Crippen LogP) is 4.51. The van der Waals surface area contributed by atoms with E-state index in [0.717, 1.165) is 22.6 Å². The number of aryl methyl sites for hydroxylation is 1. The highest BCUT2D eigenvalue weighted by Crippen LogP contribution is 2.26. The van der Waals surface area contributed by atoms with Crippen LogP contribution in [0.5, 0.6) is 0 Å². The number of benzene rings is 1. The van der Waals surface area contributed by atoms with Crippen molar-refractivity contribution < 1.29 is 4.79 Å². The van der Waals surface area contributed by atoms with Gasteiger partial charge in [-0.3, -0.25) is 4.79 Å². The molecule has 0 fully saturated rings. The van der Waals surface area contributed by atoms with Crippen molar-refractivity contribution in [1.82, 2.24) is 19.5 Å². The number of hydrogen-bond donors (Lipinski definition) is 1. The summed E-state index contributed by atoms with van der Waals surface area (Å²) in [5.41, 5.74) is 4.61. The average molecular weight is 396 g/mol. The molecule has 6 nitrogen and oxygen atoms in total. The van der Waals surface area contributed by atoms with Crippen molar-refractivity contribution in [2.45, 2.75) is 0 Å². The molecular weight excluding hydrogens is 382 g/mol. The average Bonchev–Trinajstić information content (AvgIpc) is 3.32. The maximum absolute atomic E-state index is 12.0. The normalized spacial score (nSPS) is 10.7. The van der Waals surface area contributed by atoms with Crippen molar-refractivity contribution in [1.29, 1.82) is 0 Å². The van der Waals surface area contributed by atoms with Gasteiger partial charge in [0, 0.05) is 41.0 Å². The van der Waals surface area contributed by atoms with Crippen LogP contribution in [0.3, 0.4) is 0 Å². The lowest BCUT2D eigenvalue weighted by molar-refractivity contribution is 0.102. The molecule has 0 aliphatic heterocycles. The molecule has 27 heavy (non-hydrogen) atoms. The number of hydrogen-bond acceptors (Lipinski definition) is 5. The Labute approximate surface area is 164 Å². The van der Waals surface area contributed by atoms with Gasteiger partial charge in [0.05, 0.1) is 11.2 Å². The highest BCUT2D eigenvalue weighted by atomic mass is 35.5. The molecule has 1 amide bonds. The molecule has 0 atom stereocenters. The molecule has 8 heteroatoms. The molecule has 3 aromatic heterocycles. The maximum atomic E-state index is 12.0. The van der Waals surface area contributed by atoms with Crippen LogP contribution < -0.4 is 5.32 Å². The van der Waals surface area contributed by atoms with Gasteiger partial charge in [-0.25, -0.2) is 15.0 Å². The standard InChI is InChI=1S/C19H14ClN5OS/c1-25-9-15(12-3-2-4-14(20)7-12)23-18(25)13-5-6-17(21-8-13)24-19(26)16-10-27-11-22-16/h2-11H,1H3,(H,21,24,26). The number of amides is 1. The minimum Gasteiger partial charge on any atom is -0.333 e. The van der Waals surface area contributed by atoms with Crippen LogP contribution in [0.15, 0.2) is 59.7 Å². The van der Waals surface area contributed by atoms with Gasteiger partial charge in [-0.05, 0) is 24.3 Å². The monoisotopic (exact) mass is 395 g/mol. The van der Waals surface area contributed by atoms with Crippen LogP contribution in [0.2, 0.25) is 5.02 Å². The third-order valence-corrected chi connectivity index (χ3v) is 4.75. The van der Waals surface area contributed by atoms with Crippen LogP contribution >= 0.6 is 22.9 Å². The van der Waals surface area contributed by atoms with Gasteiger partial charge in [0.1, 0.15) is 17.3 Å². The third-order valence-electron chi connectivity index (χ3n) is 3.92. The molecule has 0 aliphatic carbocycles. The molecule has 4 aromatic rings. The highest BCUT2D eigenvalue weighted by molar-refractivity contribution is 7.07. The van der Waals surface area contributed by atoms with Gasteiger partial charge in [-0.2, -0.15) is 0 Å². The summed E-state index contributed by atoms with van der Waals surface area (Å²) >= 11 is 7.44. The molecule has 4 rings (SSSR count). The minimum atomic E-state index is -0.281. The summed E-state index contributed by atoms with van der Waals surface area (Å²) in [4.78, 5) is 25.0. The van der Waals surface area contributed by atoms with E-state index in [0.29, 0.717) is 16.5 Å². The van der Waals surface area contributed by atoms with Crippen molar-refractivity contribution in [2.24, 2.45) is 7.05 Å². The van der Waals surface area contributed by atoms with Crippen molar-refractivity contribution in [2.75, 3.05) is 5.32 Å². The number of halogens is 1. The third kappa shape index (κ3) is 3.74. The van der Waals surface area contributed by atoms with Crippen molar-refractivity contribution in [3.05, 3.63) is 70.4 Å². The summed E-state index contributed by atoms with van der Waals surface area (Å²) in [6, 6.07) is 11.2. The molecule has 1 N–H and O–H groups in total. The zero-order chi connectivity index (χ0) is 18.8. The number of aromatic nitrogens is 4. The van der Waals surface area contributed by atoms with Crippen LogP contribution in [-0.4, -0.2) is 25.4 Å². The number of carbonyl (C=O) groups excluding carboxylic acids is 1. The van der Waals surface area contributed by atoms with Gasteiger partial charge < -0.3 is 9.88 Å². The number of rotatable bonds is 4. The first-order valence-corrected chi connectivity index (χ1v) is 9.37. The number of anilines is 1. The van der Waals surface area contributed by atoms with Gasteiger partial charge in [0.15, 0.2) is 0 Å². The molecule has 0 saturated heterocycles. The van der Waals surface area contributed by atoms with Crippen LogP contribution in [0, 0.1) is 0 Å². The van der Waals surface area contributed by atoms with E-state index in [1.807, 2.05) is 48.1 Å². The molecule has 0 unspecified atom stereocenters. The second kappa shape index (κ2) is 7.30. The summed E-state index contributed by atoms with van der Waals surface area (Å²) in [6.45, 7) is 0. The fraction of sp³-hybridized carbons (Fsp3) is 0.0526. The van der Waals surface area contributed by atoms with Crippen LogP contribution in [0.4, 0.5) is 5.82 Å². The number of imidazole rings is 1. The van der Waals surface area contributed by atoms with Crippen LogP contribution in [0.1, 0.15) is 10.5 Å². The van der Waals surface area contributed by atoms with Gasteiger partial charge in [0.2, 0.25) is 0 Å². The Morgan fingerprint density at radius 3 is 2.78 bits per heavy atom. The predicted molar refractivity (Wildman–Crippen MR) is 107 cm³/mol. The largest absolute Gasteiger partial charge is 0.333 e. The highest BCUT2D eigenvalue weighted by Gasteiger charge is 2.12. The van der Waals surface area contributed by atoms with E-state index < -0.39 is 0 Å². The van der Waals surface area contributed by atoms with Crippen molar-refractivity contribution >= 4 is 34.7 Å². The SMILES string of the molecule is Cn1cc(-c2cccc(Cl)c2)nc1-c1ccc(NC(=O)c2cscn2)nc1. The molecule has 0 spiro atoms. The summed E-state index contributed by atoms with van der Waals surface area (Å²) in [6.07, 6.45) is 3.62. The van der Waals surface area contributed by atoms with E-state index in [2.05, 4.69) is 15.3 Å². The van der Waals surface area contributed by atoms with Gasteiger partial charge in [-0.15, -0.1) is 11.3 Å². The van der Waals surface area contributed by atoms with E-state index in [-0.39, 0.29) is 5.91 Å². The lowest BCUT2D eigenvalue weighted by atomic mass is 10.2. The number of nitrogens with zero attached hydrogens (tertiary/aromatic N) is 4. The van der Waals surface area contributed by atoms with Gasteiger partial charge >= 0.3 is 0 Å². The molecule has 3 heterocycles. The number of pyridine rings is 1. The van der Waals surface area contributed by atoms with Gasteiger partial charge in [-0.1, -0.05) is 23.7 Å². The Kier molecular flexibility index (Phi) is 4.70. The molecule has 0 bridgehead atoms. The number of carbonyl (C=O) groups is 1. The van der Waals surface area contributed by atoms with E-state index in [1.165, 1.54) is 11.3 Å². The van der Waals surface area contributed by atoms with E-state index in [4.69, 9.17) is 16.6 Å². The first-order valence-electron chi connectivity index (χ1n) is 8.05. The summed E-state index contributed by atoms with van der Waals surface area (Å²) in [5.74, 6) is 0.951. The van der Waals surface area contributed by atoms with E-state index in [9.17, 15) is 4.79 Å². The minimum absolute atomic E-state index is 0.281.